The minimum absolute atomic E-state index is 0.185. The first kappa shape index (κ1) is 20.4. The van der Waals surface area contributed by atoms with Crippen LogP contribution in [0.3, 0.4) is 0 Å². The maximum Gasteiger partial charge on any atom is 0.291 e. The van der Waals surface area contributed by atoms with E-state index in [1.165, 1.54) is 4.45 Å². The average Bonchev–Trinajstić information content (AvgIpc) is 3.18. The summed E-state index contributed by atoms with van der Waals surface area (Å²) >= 11 is 8.43. The van der Waals surface area contributed by atoms with E-state index in [-0.39, 0.29) is 17.0 Å². The van der Waals surface area contributed by atoms with Gasteiger partial charge < -0.3 is 9.80 Å². The lowest BCUT2D eigenvalue weighted by atomic mass is 10.2. The van der Waals surface area contributed by atoms with Crippen molar-refractivity contribution in [3.63, 3.8) is 0 Å². The normalized spacial score (nSPS) is 13.3. The van der Waals surface area contributed by atoms with Gasteiger partial charge in [-0.3, -0.25) is 9.78 Å². The van der Waals surface area contributed by atoms with Crippen LogP contribution in [-0.2, 0) is 19.5 Å². The van der Waals surface area contributed by atoms with Gasteiger partial charge in [0.2, 0.25) is 5.95 Å². The highest BCUT2D eigenvalue weighted by Crippen LogP contribution is 2.32. The van der Waals surface area contributed by atoms with Gasteiger partial charge in [-0.2, -0.15) is 5.10 Å². The van der Waals surface area contributed by atoms with E-state index in [1.54, 1.807) is 12.4 Å². The van der Waals surface area contributed by atoms with Crippen molar-refractivity contribution < 1.29 is 0 Å². The van der Waals surface area contributed by atoms with Gasteiger partial charge in [0.05, 0.1) is 41.9 Å². The van der Waals surface area contributed by atoms with Gasteiger partial charge in [0.25, 0.3) is 5.56 Å². The van der Waals surface area contributed by atoms with Crippen molar-refractivity contribution >= 4 is 57.3 Å². The molecule has 150 valence electrons. The summed E-state index contributed by atoms with van der Waals surface area (Å²) in [7, 11) is 1.94. The van der Waals surface area contributed by atoms with Crippen LogP contribution in [0.2, 0.25) is 5.02 Å². The predicted octanol–water partition coefficient (Wildman–Crippen LogP) is 3.72. The highest BCUT2D eigenvalue weighted by molar-refractivity contribution is 14.2. The summed E-state index contributed by atoms with van der Waals surface area (Å²) in [6, 6.07) is 3.93. The predicted molar refractivity (Wildman–Crippen MR) is 125 cm³/mol. The molecule has 1 aliphatic rings. The molecule has 1 unspecified atom stereocenters. The van der Waals surface area contributed by atoms with Crippen molar-refractivity contribution in [1.29, 1.82) is 0 Å². The fourth-order valence-electron chi connectivity index (χ4n) is 3.29. The molecule has 0 saturated carbocycles. The van der Waals surface area contributed by atoms with Gasteiger partial charge in [-0.05, 0) is 40.6 Å². The topological polar surface area (TPSA) is 80.0 Å². The second-order valence-electron chi connectivity index (χ2n) is 6.53. The lowest BCUT2D eigenvalue weighted by Gasteiger charge is -2.20. The van der Waals surface area contributed by atoms with E-state index < -0.39 is 0 Å². The molecule has 3 aromatic heterocycles. The smallest absolute Gasteiger partial charge is 0.291 e. The summed E-state index contributed by atoms with van der Waals surface area (Å²) in [5, 5.41) is 4.39. The zero-order valence-corrected chi connectivity index (χ0v) is 19.7. The number of aromatic nitrogens is 5. The summed E-state index contributed by atoms with van der Waals surface area (Å²) < 4.78 is 1.36. The van der Waals surface area contributed by atoms with Gasteiger partial charge >= 0.3 is 0 Å². The monoisotopic (exact) mass is 541 g/mol. The number of halogens is 2. The third-order valence-electron chi connectivity index (χ3n) is 4.83. The SMILES string of the molecule is CCc1ncccc1N(C)c1ncc2c(n1)CN(c1cnn(PI)c(=O)c1Cl)C2. The molecule has 4 heterocycles. The number of anilines is 3. The quantitative estimate of drug-likeness (QED) is 0.360. The van der Waals surface area contributed by atoms with Crippen LogP contribution in [0.25, 0.3) is 0 Å². The van der Waals surface area contributed by atoms with Gasteiger partial charge in [0.1, 0.15) is 5.02 Å². The van der Waals surface area contributed by atoms with Gasteiger partial charge in [0.15, 0.2) is 0 Å². The summed E-state index contributed by atoms with van der Waals surface area (Å²) in [4.78, 5) is 30.0. The van der Waals surface area contributed by atoms with Crippen LogP contribution < -0.4 is 15.4 Å². The summed E-state index contributed by atoms with van der Waals surface area (Å²) in [6.45, 7) is 3.21. The molecule has 0 spiro atoms. The molecule has 11 heteroatoms. The van der Waals surface area contributed by atoms with Crippen LogP contribution >= 0.6 is 40.0 Å². The van der Waals surface area contributed by atoms with Crippen molar-refractivity contribution in [1.82, 2.24) is 24.5 Å². The molecule has 0 N–H and O–H groups in total. The first-order chi connectivity index (χ1) is 14.0. The fraction of sp³-hybridized carbons (Fsp3) is 0.278. The van der Waals surface area contributed by atoms with Crippen LogP contribution in [0.5, 0.6) is 0 Å². The second kappa shape index (κ2) is 8.49. The molecule has 8 nitrogen and oxygen atoms in total. The molecular formula is C18H18ClIN7OP. The van der Waals surface area contributed by atoms with E-state index >= 15 is 0 Å². The standard InChI is InChI=1S/C18H18ClIN7OP/c1-3-12-14(5-4-6-21-12)25(2)18-22-7-11-9-26(10-13(11)24-18)15-8-23-27(29-20)17(28)16(15)19/h4-8,29H,3,9-10H2,1-2H3. The molecule has 29 heavy (non-hydrogen) atoms. The summed E-state index contributed by atoms with van der Waals surface area (Å²) in [5.74, 6) is 0.610. The largest absolute Gasteiger partial charge is 0.358 e. The van der Waals surface area contributed by atoms with Crippen molar-refractivity contribution in [3.8, 4) is 0 Å². The zero-order chi connectivity index (χ0) is 20.5. The Bertz CT molecular complexity index is 1130. The molecule has 1 atom stereocenters. The first-order valence-electron chi connectivity index (χ1n) is 8.95. The van der Waals surface area contributed by atoms with E-state index in [0.29, 0.717) is 24.7 Å². The Morgan fingerprint density at radius 3 is 2.90 bits per heavy atom. The zero-order valence-electron chi connectivity index (χ0n) is 15.8. The van der Waals surface area contributed by atoms with Gasteiger partial charge in [-0.15, -0.1) is 0 Å². The molecule has 0 radical (unpaired) electrons. The maximum atomic E-state index is 12.3. The van der Waals surface area contributed by atoms with E-state index in [0.717, 1.165) is 29.1 Å². The van der Waals surface area contributed by atoms with Crippen molar-refractivity contribution in [2.24, 2.45) is 0 Å². The molecule has 0 saturated heterocycles. The molecule has 0 amide bonds. The van der Waals surface area contributed by atoms with E-state index in [2.05, 4.69) is 44.0 Å². The minimum atomic E-state index is -0.275. The number of hydrogen-bond donors (Lipinski definition) is 0. The fourth-order valence-corrected chi connectivity index (χ4v) is 4.93. The molecule has 4 rings (SSSR count). The van der Waals surface area contributed by atoms with Crippen LogP contribution in [0, 0.1) is 0 Å². The summed E-state index contributed by atoms with van der Waals surface area (Å²) in [6.07, 6.45) is 6.31. The number of rotatable bonds is 5. The number of nitrogens with zero attached hydrogens (tertiary/aromatic N) is 7. The van der Waals surface area contributed by atoms with Crippen LogP contribution in [0.15, 0.2) is 35.5 Å². The molecule has 0 aliphatic carbocycles. The third kappa shape index (κ3) is 3.83. The maximum absolute atomic E-state index is 12.3. The Hall–Kier alpha value is -1.84. The Balaban J connectivity index is 1.62. The average molecular weight is 542 g/mol. The number of hydrogen-bond acceptors (Lipinski definition) is 7. The Labute approximate surface area is 187 Å². The third-order valence-corrected chi connectivity index (χ3v) is 7.03. The Morgan fingerprint density at radius 2 is 2.14 bits per heavy atom. The van der Waals surface area contributed by atoms with Crippen molar-refractivity contribution in [2.45, 2.75) is 26.4 Å². The Kier molecular flexibility index (Phi) is 5.98. The molecule has 3 aromatic rings. The van der Waals surface area contributed by atoms with E-state index in [9.17, 15) is 4.79 Å². The number of aryl methyl sites for hydroxylation is 1. The van der Waals surface area contributed by atoms with Crippen LogP contribution in [0.1, 0.15) is 23.9 Å². The molecule has 0 aromatic carbocycles. The number of fused-ring (bicyclic) bond motifs is 1. The van der Waals surface area contributed by atoms with Gasteiger partial charge in [-0.1, -0.05) is 18.5 Å². The lowest BCUT2D eigenvalue weighted by molar-refractivity contribution is 0.838. The number of pyridine rings is 1. The van der Waals surface area contributed by atoms with Crippen molar-refractivity contribution in [3.05, 3.63) is 63.1 Å². The second-order valence-corrected chi connectivity index (χ2v) is 8.94. The minimum Gasteiger partial charge on any atom is -0.358 e. The highest BCUT2D eigenvalue weighted by Gasteiger charge is 2.26. The van der Waals surface area contributed by atoms with Gasteiger partial charge in [0, 0.05) is 31.5 Å². The molecule has 0 fully saturated rings. The Morgan fingerprint density at radius 1 is 1.31 bits per heavy atom. The van der Waals surface area contributed by atoms with Crippen LogP contribution in [0.4, 0.5) is 17.3 Å². The van der Waals surface area contributed by atoms with Crippen LogP contribution in [-0.4, -0.2) is 31.6 Å². The molecular weight excluding hydrogens is 524 g/mol. The highest BCUT2D eigenvalue weighted by atomic mass is 127. The van der Waals surface area contributed by atoms with E-state index in [1.807, 2.05) is 35.2 Å². The molecule has 1 aliphatic heterocycles. The first-order valence-corrected chi connectivity index (χ1v) is 13.4. The molecule has 0 bridgehead atoms. The van der Waals surface area contributed by atoms with Crippen molar-refractivity contribution in [2.75, 3.05) is 16.8 Å². The van der Waals surface area contributed by atoms with E-state index in [4.69, 9.17) is 16.6 Å². The lowest BCUT2D eigenvalue weighted by Crippen LogP contribution is -2.23. The van der Waals surface area contributed by atoms with Gasteiger partial charge in [-0.25, -0.2) is 14.4 Å². The summed E-state index contributed by atoms with van der Waals surface area (Å²) in [5.41, 5.74) is 4.26.